The Morgan fingerprint density at radius 1 is 1.24 bits per heavy atom. The van der Waals surface area contributed by atoms with Crippen molar-refractivity contribution in [3.05, 3.63) is 0 Å². The van der Waals surface area contributed by atoms with E-state index in [4.69, 9.17) is 14.2 Å². The monoisotopic (exact) mass is 358 g/mol. The van der Waals surface area contributed by atoms with Crippen molar-refractivity contribution >= 4 is 5.97 Å². The summed E-state index contributed by atoms with van der Waals surface area (Å²) in [6.45, 7) is 11.5. The number of ether oxygens (including phenoxy) is 3. The molecule has 25 heavy (non-hydrogen) atoms. The van der Waals surface area contributed by atoms with E-state index >= 15 is 0 Å². The smallest absolute Gasteiger partial charge is 0.310 e. The Labute approximate surface area is 150 Å². The van der Waals surface area contributed by atoms with Crippen molar-refractivity contribution in [1.82, 2.24) is 0 Å². The summed E-state index contributed by atoms with van der Waals surface area (Å²) in [4.78, 5) is 12.2. The van der Waals surface area contributed by atoms with Crippen molar-refractivity contribution in [3.8, 4) is 0 Å². The van der Waals surface area contributed by atoms with E-state index in [1.165, 1.54) is 0 Å². The van der Waals surface area contributed by atoms with Gasteiger partial charge in [0.2, 0.25) is 0 Å². The largest absolute Gasteiger partial charge is 0.460 e. The summed E-state index contributed by atoms with van der Waals surface area (Å²) >= 11 is 0. The topological polar surface area (TPSA) is 85.2 Å². The molecule has 2 N–H and O–H groups in total. The number of carbonyl (C=O) groups excluding carboxylic acids is 1. The lowest BCUT2D eigenvalue weighted by Gasteiger charge is -2.36. The van der Waals surface area contributed by atoms with Gasteiger partial charge in [0.1, 0.15) is 11.7 Å². The molecular formula is C19H34O6. The number of rotatable bonds is 6. The van der Waals surface area contributed by atoms with Gasteiger partial charge in [0.05, 0.1) is 24.2 Å². The van der Waals surface area contributed by atoms with Crippen LogP contribution in [0.3, 0.4) is 0 Å². The third-order valence-corrected chi connectivity index (χ3v) is 5.20. The standard InChI is InChI=1S/C19H34O6/c1-10(23-18-15(21)9-14(20)12(3)24-18)7-8-13-11(2)16(13)17(22)25-19(4,5)6/h10-16,18,20-21H,7-9H2,1-6H3/t10-,11?,12+,13?,14?,15-,16?,18?/m1/s1. The minimum absolute atomic E-state index is 0.0156. The zero-order valence-electron chi connectivity index (χ0n) is 16.3. The fourth-order valence-electron chi connectivity index (χ4n) is 3.54. The Balaban J connectivity index is 1.73. The van der Waals surface area contributed by atoms with Gasteiger partial charge >= 0.3 is 5.97 Å². The minimum Gasteiger partial charge on any atom is -0.460 e. The van der Waals surface area contributed by atoms with E-state index in [2.05, 4.69) is 6.92 Å². The molecule has 0 amide bonds. The first kappa shape index (κ1) is 20.6. The maximum absolute atomic E-state index is 12.2. The lowest BCUT2D eigenvalue weighted by Crippen LogP contribution is -2.48. The molecule has 2 rings (SSSR count). The van der Waals surface area contributed by atoms with Crippen LogP contribution in [0, 0.1) is 17.8 Å². The second-order valence-corrected chi connectivity index (χ2v) is 8.69. The van der Waals surface area contributed by atoms with Gasteiger partial charge in [-0.1, -0.05) is 6.92 Å². The average Bonchev–Trinajstić information content (AvgIpc) is 3.11. The molecule has 1 heterocycles. The van der Waals surface area contributed by atoms with Crippen molar-refractivity contribution in [2.75, 3.05) is 0 Å². The quantitative estimate of drug-likeness (QED) is 0.709. The molecule has 1 aliphatic carbocycles. The predicted molar refractivity (Wildman–Crippen MR) is 92.7 cm³/mol. The number of hydrogen-bond donors (Lipinski definition) is 2. The van der Waals surface area contributed by atoms with Gasteiger partial charge in [-0.3, -0.25) is 4.79 Å². The van der Waals surface area contributed by atoms with Crippen molar-refractivity contribution in [1.29, 1.82) is 0 Å². The Bertz CT molecular complexity index is 459. The molecule has 1 saturated heterocycles. The first-order valence-electron chi connectivity index (χ1n) is 9.39. The van der Waals surface area contributed by atoms with Crippen molar-refractivity contribution in [2.45, 2.75) is 97.1 Å². The molecule has 6 heteroatoms. The molecule has 5 unspecified atom stereocenters. The van der Waals surface area contributed by atoms with Gasteiger partial charge in [0, 0.05) is 6.42 Å². The van der Waals surface area contributed by atoms with Gasteiger partial charge in [-0.05, 0) is 59.3 Å². The SMILES string of the molecule is CC1C(CC[C@@H](C)OC2O[C@@H](C)C(O)C[C@H]2O)C1C(=O)OC(C)(C)C. The summed E-state index contributed by atoms with van der Waals surface area (Å²) in [5, 5.41) is 19.7. The third-order valence-electron chi connectivity index (χ3n) is 5.20. The number of hydrogen-bond acceptors (Lipinski definition) is 6. The van der Waals surface area contributed by atoms with Crippen LogP contribution >= 0.6 is 0 Å². The Morgan fingerprint density at radius 2 is 1.88 bits per heavy atom. The number of carbonyl (C=O) groups is 1. The van der Waals surface area contributed by atoms with Crippen LogP contribution in [0.2, 0.25) is 0 Å². The predicted octanol–water partition coefficient (Wildman–Crippen LogP) is 2.25. The van der Waals surface area contributed by atoms with E-state index in [9.17, 15) is 15.0 Å². The highest BCUT2D eigenvalue weighted by Crippen LogP contribution is 2.50. The van der Waals surface area contributed by atoms with E-state index in [1.54, 1.807) is 6.92 Å². The zero-order chi connectivity index (χ0) is 18.9. The van der Waals surface area contributed by atoms with E-state index in [-0.39, 0.29) is 30.5 Å². The molecule has 0 bridgehead atoms. The lowest BCUT2D eigenvalue weighted by atomic mass is 10.0. The van der Waals surface area contributed by atoms with Crippen molar-refractivity contribution in [2.24, 2.45) is 17.8 Å². The van der Waals surface area contributed by atoms with Crippen LogP contribution in [0.1, 0.15) is 60.8 Å². The third kappa shape index (κ3) is 5.64. The molecule has 8 atom stereocenters. The van der Waals surface area contributed by atoms with Gasteiger partial charge in [-0.15, -0.1) is 0 Å². The van der Waals surface area contributed by atoms with Crippen LogP contribution in [0.4, 0.5) is 0 Å². The lowest BCUT2D eigenvalue weighted by molar-refractivity contribution is -0.273. The average molecular weight is 358 g/mol. The molecule has 0 aromatic heterocycles. The van der Waals surface area contributed by atoms with Gasteiger partial charge in [-0.2, -0.15) is 0 Å². The molecule has 2 aliphatic rings. The minimum atomic E-state index is -0.817. The summed E-state index contributed by atoms with van der Waals surface area (Å²) in [5.74, 6) is 0.554. The van der Waals surface area contributed by atoms with Gasteiger partial charge < -0.3 is 24.4 Å². The van der Waals surface area contributed by atoms with Crippen LogP contribution in [-0.4, -0.2) is 52.5 Å². The highest BCUT2D eigenvalue weighted by molar-refractivity contribution is 5.76. The molecule has 1 saturated carbocycles. The van der Waals surface area contributed by atoms with Gasteiger partial charge in [0.25, 0.3) is 0 Å². The molecule has 0 aromatic rings. The maximum atomic E-state index is 12.2. The normalized spacial score (nSPS) is 39.8. The summed E-state index contributed by atoms with van der Waals surface area (Å²) in [5.41, 5.74) is -0.448. The maximum Gasteiger partial charge on any atom is 0.310 e. The van der Waals surface area contributed by atoms with Crippen molar-refractivity contribution in [3.63, 3.8) is 0 Å². The molecule has 6 nitrogen and oxygen atoms in total. The zero-order valence-corrected chi connectivity index (χ0v) is 16.3. The molecule has 1 aliphatic heterocycles. The summed E-state index contributed by atoms with van der Waals surface area (Å²) in [6.07, 6.45) is -0.680. The number of aliphatic hydroxyl groups is 2. The Kier molecular flexibility index (Phi) is 6.52. The summed E-state index contributed by atoms with van der Waals surface area (Å²) < 4.78 is 16.8. The van der Waals surface area contributed by atoms with E-state index in [1.807, 2.05) is 27.7 Å². The Morgan fingerprint density at radius 3 is 2.48 bits per heavy atom. The Hall–Kier alpha value is -0.690. The fraction of sp³-hybridized carbons (Fsp3) is 0.947. The summed E-state index contributed by atoms with van der Waals surface area (Å²) in [6, 6.07) is 0. The second kappa shape index (κ2) is 7.91. The highest BCUT2D eigenvalue weighted by atomic mass is 16.7. The van der Waals surface area contributed by atoms with Crippen molar-refractivity contribution < 1.29 is 29.2 Å². The van der Waals surface area contributed by atoms with Crippen LogP contribution in [-0.2, 0) is 19.0 Å². The highest BCUT2D eigenvalue weighted by Gasteiger charge is 2.52. The number of aliphatic hydroxyl groups excluding tert-OH is 2. The molecule has 0 aromatic carbocycles. The molecular weight excluding hydrogens is 324 g/mol. The van der Waals surface area contributed by atoms with E-state index in [0.717, 1.165) is 12.8 Å². The van der Waals surface area contributed by atoms with Crippen LogP contribution < -0.4 is 0 Å². The number of esters is 1. The molecule has 0 radical (unpaired) electrons. The molecule has 2 fully saturated rings. The second-order valence-electron chi connectivity index (χ2n) is 8.69. The van der Waals surface area contributed by atoms with Gasteiger partial charge in [-0.25, -0.2) is 0 Å². The summed E-state index contributed by atoms with van der Waals surface area (Å²) in [7, 11) is 0. The van der Waals surface area contributed by atoms with Crippen LogP contribution in [0.15, 0.2) is 0 Å². The van der Waals surface area contributed by atoms with Gasteiger partial charge in [0.15, 0.2) is 6.29 Å². The van der Waals surface area contributed by atoms with E-state index in [0.29, 0.717) is 11.8 Å². The first-order chi connectivity index (χ1) is 11.5. The molecule has 146 valence electrons. The first-order valence-corrected chi connectivity index (χ1v) is 9.39. The van der Waals surface area contributed by atoms with Crippen LogP contribution in [0.25, 0.3) is 0 Å². The van der Waals surface area contributed by atoms with Crippen LogP contribution in [0.5, 0.6) is 0 Å². The fourth-order valence-corrected chi connectivity index (χ4v) is 3.54. The molecule has 0 spiro atoms. The van der Waals surface area contributed by atoms with E-state index < -0.39 is 24.1 Å².